The molecule has 2 heterocycles. The van der Waals surface area contributed by atoms with Crippen LogP contribution >= 0.6 is 0 Å². The van der Waals surface area contributed by atoms with Crippen LogP contribution in [0, 0.1) is 0 Å². The minimum absolute atomic E-state index is 0.429. The Balaban J connectivity index is 1.63. The van der Waals surface area contributed by atoms with Gasteiger partial charge in [0.05, 0.1) is 6.61 Å². The van der Waals surface area contributed by atoms with Gasteiger partial charge in [-0.15, -0.1) is 0 Å². The van der Waals surface area contributed by atoms with E-state index in [0.29, 0.717) is 19.4 Å². The zero-order chi connectivity index (χ0) is 21.4. The number of rotatable bonds is 11. The van der Waals surface area contributed by atoms with Crippen LogP contribution in [0.5, 0.6) is 5.75 Å². The lowest BCUT2D eigenvalue weighted by molar-refractivity contribution is -0.148. The molecule has 0 aliphatic rings. The van der Waals surface area contributed by atoms with Gasteiger partial charge in [-0.2, -0.15) is 0 Å². The SMILES string of the molecule is CCC[C@](Cc1ccc(OCCc2ccc(CC)cn2)cc1)(C(=O)O)n1cccc1. The van der Waals surface area contributed by atoms with E-state index in [0.717, 1.165) is 36.3 Å². The molecule has 5 heteroatoms. The van der Waals surface area contributed by atoms with Crippen LogP contribution < -0.4 is 4.74 Å². The number of hydrogen-bond acceptors (Lipinski definition) is 3. The number of hydrogen-bond donors (Lipinski definition) is 1. The predicted molar refractivity (Wildman–Crippen MR) is 118 cm³/mol. The normalized spacial score (nSPS) is 13.0. The topological polar surface area (TPSA) is 64.3 Å². The maximum absolute atomic E-state index is 12.2. The lowest BCUT2D eigenvalue weighted by Gasteiger charge is -2.31. The molecule has 1 atom stereocenters. The fourth-order valence-electron chi connectivity index (χ4n) is 3.76. The van der Waals surface area contributed by atoms with Gasteiger partial charge >= 0.3 is 5.97 Å². The first-order valence-corrected chi connectivity index (χ1v) is 10.6. The molecule has 30 heavy (non-hydrogen) atoms. The van der Waals surface area contributed by atoms with Crippen molar-refractivity contribution in [3.63, 3.8) is 0 Å². The molecule has 0 aliphatic heterocycles. The largest absolute Gasteiger partial charge is 0.493 e. The first-order chi connectivity index (χ1) is 14.6. The van der Waals surface area contributed by atoms with E-state index in [1.807, 2.05) is 72.5 Å². The Hall–Kier alpha value is -3.08. The molecule has 0 saturated heterocycles. The monoisotopic (exact) mass is 406 g/mol. The van der Waals surface area contributed by atoms with Crippen LogP contribution in [0.1, 0.15) is 43.5 Å². The molecule has 0 unspecified atom stereocenters. The average Bonchev–Trinajstić information content (AvgIpc) is 3.30. The van der Waals surface area contributed by atoms with Crippen molar-refractivity contribution in [2.75, 3.05) is 6.61 Å². The van der Waals surface area contributed by atoms with E-state index in [2.05, 4.69) is 18.0 Å². The van der Waals surface area contributed by atoms with Gasteiger partial charge in [0.1, 0.15) is 11.3 Å². The van der Waals surface area contributed by atoms with Gasteiger partial charge in [0.2, 0.25) is 0 Å². The molecule has 0 bridgehead atoms. The molecule has 1 aromatic carbocycles. The van der Waals surface area contributed by atoms with E-state index in [-0.39, 0.29) is 0 Å². The zero-order valence-electron chi connectivity index (χ0n) is 17.8. The fourth-order valence-corrected chi connectivity index (χ4v) is 3.76. The standard InChI is InChI=1S/C25H30N2O3/c1-3-14-25(24(28)29,27-15-5-6-16-27)18-21-8-11-23(12-9-21)30-17-13-22-10-7-20(4-2)19-26-22/h5-12,15-16,19H,3-4,13-14,17-18H2,1-2H3,(H,28,29)/t25-/m0/s1. The smallest absolute Gasteiger partial charge is 0.330 e. The van der Waals surface area contributed by atoms with Gasteiger partial charge in [0.15, 0.2) is 0 Å². The summed E-state index contributed by atoms with van der Waals surface area (Å²) in [7, 11) is 0. The second-order valence-corrected chi connectivity index (χ2v) is 7.61. The molecule has 0 spiro atoms. The van der Waals surface area contributed by atoms with Crippen LogP contribution in [0.25, 0.3) is 0 Å². The van der Waals surface area contributed by atoms with Crippen LogP contribution in [-0.2, 0) is 29.6 Å². The lowest BCUT2D eigenvalue weighted by atomic mass is 9.86. The van der Waals surface area contributed by atoms with Crippen molar-refractivity contribution in [2.24, 2.45) is 0 Å². The Morgan fingerprint density at radius 3 is 2.33 bits per heavy atom. The third kappa shape index (κ3) is 5.09. The Morgan fingerprint density at radius 1 is 1.07 bits per heavy atom. The summed E-state index contributed by atoms with van der Waals surface area (Å²) in [5.74, 6) is -0.0243. The fraction of sp³-hybridized carbons (Fsp3) is 0.360. The summed E-state index contributed by atoms with van der Waals surface area (Å²) in [6.07, 6.45) is 9.11. The summed E-state index contributed by atoms with van der Waals surface area (Å²) in [5, 5.41) is 10.0. The molecule has 0 radical (unpaired) electrons. The van der Waals surface area contributed by atoms with E-state index < -0.39 is 11.5 Å². The highest BCUT2D eigenvalue weighted by Gasteiger charge is 2.39. The number of pyridine rings is 1. The van der Waals surface area contributed by atoms with Crippen molar-refractivity contribution < 1.29 is 14.6 Å². The van der Waals surface area contributed by atoms with E-state index in [1.165, 1.54) is 5.56 Å². The van der Waals surface area contributed by atoms with Gasteiger partial charge < -0.3 is 14.4 Å². The van der Waals surface area contributed by atoms with Gasteiger partial charge in [-0.1, -0.05) is 38.5 Å². The van der Waals surface area contributed by atoms with Gasteiger partial charge in [-0.05, 0) is 54.3 Å². The molecule has 158 valence electrons. The molecule has 2 aromatic heterocycles. The summed E-state index contributed by atoms with van der Waals surface area (Å²) < 4.78 is 7.68. The Morgan fingerprint density at radius 2 is 1.77 bits per heavy atom. The van der Waals surface area contributed by atoms with Crippen molar-refractivity contribution in [1.82, 2.24) is 9.55 Å². The second-order valence-electron chi connectivity index (χ2n) is 7.61. The molecule has 3 rings (SSSR count). The molecule has 5 nitrogen and oxygen atoms in total. The summed E-state index contributed by atoms with van der Waals surface area (Å²) >= 11 is 0. The highest BCUT2D eigenvalue weighted by Crippen LogP contribution is 2.29. The molecule has 0 saturated carbocycles. The summed E-state index contributed by atoms with van der Waals surface area (Å²) in [6, 6.07) is 15.6. The van der Waals surface area contributed by atoms with Crippen LogP contribution in [0.4, 0.5) is 0 Å². The number of aliphatic carboxylic acids is 1. The summed E-state index contributed by atoms with van der Waals surface area (Å²) in [5.41, 5.74) is 2.25. The molecule has 0 amide bonds. The number of carboxylic acids is 1. The van der Waals surface area contributed by atoms with Gasteiger partial charge in [-0.3, -0.25) is 4.98 Å². The van der Waals surface area contributed by atoms with E-state index >= 15 is 0 Å². The number of carbonyl (C=O) groups is 1. The average molecular weight is 407 g/mol. The van der Waals surface area contributed by atoms with Crippen molar-refractivity contribution >= 4 is 5.97 Å². The summed E-state index contributed by atoms with van der Waals surface area (Å²) in [6.45, 7) is 4.68. The Labute approximate surface area is 178 Å². The first kappa shape index (κ1) is 21.6. The van der Waals surface area contributed by atoms with Crippen LogP contribution in [0.15, 0.2) is 67.1 Å². The van der Waals surface area contributed by atoms with Crippen molar-refractivity contribution in [3.8, 4) is 5.75 Å². The maximum atomic E-state index is 12.2. The molecular formula is C25H30N2O3. The zero-order valence-corrected chi connectivity index (χ0v) is 17.8. The van der Waals surface area contributed by atoms with Crippen LogP contribution in [0.3, 0.4) is 0 Å². The molecular weight excluding hydrogens is 376 g/mol. The van der Waals surface area contributed by atoms with E-state index in [4.69, 9.17) is 4.74 Å². The third-order valence-corrected chi connectivity index (χ3v) is 5.50. The first-order valence-electron chi connectivity index (χ1n) is 10.6. The van der Waals surface area contributed by atoms with Crippen molar-refractivity contribution in [2.45, 2.75) is 51.5 Å². The minimum atomic E-state index is -0.975. The Bertz CT molecular complexity index is 918. The van der Waals surface area contributed by atoms with Gasteiger partial charge in [0.25, 0.3) is 0 Å². The molecule has 0 fully saturated rings. The Kier molecular flexibility index (Phi) is 7.28. The van der Waals surface area contributed by atoms with Gasteiger partial charge in [-0.25, -0.2) is 4.79 Å². The minimum Gasteiger partial charge on any atom is -0.493 e. The van der Waals surface area contributed by atoms with Crippen molar-refractivity contribution in [1.29, 1.82) is 0 Å². The predicted octanol–water partition coefficient (Wildman–Crippen LogP) is 4.89. The number of nitrogens with zero attached hydrogens (tertiary/aromatic N) is 2. The summed E-state index contributed by atoms with van der Waals surface area (Å²) in [4.78, 5) is 16.7. The quantitative estimate of drug-likeness (QED) is 0.492. The van der Waals surface area contributed by atoms with E-state index in [9.17, 15) is 9.90 Å². The number of benzene rings is 1. The molecule has 0 aliphatic carbocycles. The second kappa shape index (κ2) is 10.1. The number of aryl methyl sites for hydroxylation is 1. The highest BCUT2D eigenvalue weighted by molar-refractivity contribution is 5.77. The molecule has 3 aromatic rings. The third-order valence-electron chi connectivity index (χ3n) is 5.50. The number of carboxylic acid groups (broad SMARTS) is 1. The van der Waals surface area contributed by atoms with Gasteiger partial charge in [0, 0.05) is 37.1 Å². The lowest BCUT2D eigenvalue weighted by Crippen LogP contribution is -2.43. The number of aromatic nitrogens is 2. The highest BCUT2D eigenvalue weighted by atomic mass is 16.5. The van der Waals surface area contributed by atoms with E-state index in [1.54, 1.807) is 0 Å². The van der Waals surface area contributed by atoms with Crippen molar-refractivity contribution in [3.05, 3.63) is 83.9 Å². The molecule has 1 N–H and O–H groups in total. The van der Waals surface area contributed by atoms with Crippen LogP contribution in [-0.4, -0.2) is 27.2 Å². The number of ether oxygens (including phenoxy) is 1. The maximum Gasteiger partial charge on any atom is 0.330 e. The van der Waals surface area contributed by atoms with Crippen LogP contribution in [0.2, 0.25) is 0 Å².